The maximum Gasteiger partial charge on any atom is 0.490 e. The van der Waals surface area contributed by atoms with Crippen molar-refractivity contribution in [1.29, 1.82) is 0 Å². The Hall–Kier alpha value is -2.14. The van der Waals surface area contributed by atoms with Crippen LogP contribution in [0.1, 0.15) is 36.0 Å². The minimum atomic E-state index is -5.08. The first-order valence-electron chi connectivity index (χ1n) is 10.4. The van der Waals surface area contributed by atoms with Gasteiger partial charge in [0.25, 0.3) is 5.91 Å². The van der Waals surface area contributed by atoms with E-state index in [-0.39, 0.29) is 11.4 Å². The van der Waals surface area contributed by atoms with Gasteiger partial charge >= 0.3 is 12.1 Å². The van der Waals surface area contributed by atoms with Crippen LogP contribution in [-0.4, -0.2) is 88.2 Å². The molecule has 1 saturated carbocycles. The number of likely N-dealkylation sites (tertiary alicyclic amines) is 2. The summed E-state index contributed by atoms with van der Waals surface area (Å²) in [7, 11) is 4.04. The lowest BCUT2D eigenvalue weighted by molar-refractivity contribution is -0.192. The molecule has 1 aromatic rings. The van der Waals surface area contributed by atoms with E-state index in [9.17, 15) is 18.0 Å². The summed E-state index contributed by atoms with van der Waals surface area (Å²) in [5.41, 5.74) is 0.846. The normalized spacial score (nSPS) is 23.1. The molecule has 1 amide bonds. The number of nitrogens with zero attached hydrogens (tertiary/aromatic N) is 4. The molecule has 4 rings (SSSR count). The smallest absolute Gasteiger partial charge is 0.475 e. The molecule has 3 fully saturated rings. The number of carboxylic acid groups (broad SMARTS) is 1. The van der Waals surface area contributed by atoms with Gasteiger partial charge < -0.3 is 14.7 Å². The van der Waals surface area contributed by atoms with Crippen molar-refractivity contribution < 1.29 is 32.6 Å². The van der Waals surface area contributed by atoms with Crippen LogP contribution in [0.15, 0.2) is 12.4 Å². The molecule has 1 aromatic heterocycles. The van der Waals surface area contributed by atoms with Gasteiger partial charge in [-0.3, -0.25) is 14.4 Å². The highest BCUT2D eigenvalue weighted by atomic mass is 19.4. The number of alkyl halides is 3. The molecule has 11 heteroatoms. The number of carboxylic acids is 1. The Bertz CT molecular complexity index is 788. The molecule has 1 atom stereocenters. The fraction of sp³-hybridized carbons (Fsp3) is 0.750. The van der Waals surface area contributed by atoms with Crippen LogP contribution >= 0.6 is 0 Å². The number of amides is 1. The number of carbonyl (C=O) groups excluding carboxylic acids is 1. The van der Waals surface area contributed by atoms with Gasteiger partial charge in [-0.25, -0.2) is 4.79 Å². The van der Waals surface area contributed by atoms with Crippen molar-refractivity contribution >= 4 is 11.9 Å². The van der Waals surface area contributed by atoms with Crippen LogP contribution < -0.4 is 0 Å². The minimum absolute atomic E-state index is 0.106. The lowest BCUT2D eigenvalue weighted by Crippen LogP contribution is -2.72. The van der Waals surface area contributed by atoms with Crippen LogP contribution in [0.4, 0.5) is 13.2 Å². The molecule has 31 heavy (non-hydrogen) atoms. The van der Waals surface area contributed by atoms with Gasteiger partial charge in [-0.1, -0.05) is 0 Å². The molecule has 0 aromatic carbocycles. The summed E-state index contributed by atoms with van der Waals surface area (Å²) in [6.07, 6.45) is 3.43. The molecular formula is C20H29F3N4O4. The number of aromatic nitrogens is 2. The summed E-state index contributed by atoms with van der Waals surface area (Å²) >= 11 is 0. The summed E-state index contributed by atoms with van der Waals surface area (Å²) in [4.78, 5) is 25.8. The fourth-order valence-electron chi connectivity index (χ4n) is 4.13. The maximum atomic E-state index is 12.5. The quantitative estimate of drug-likeness (QED) is 0.745. The molecular weight excluding hydrogens is 417 g/mol. The number of aryl methyl sites for hydroxylation is 1. The molecule has 1 unspecified atom stereocenters. The topological polar surface area (TPSA) is 87.9 Å². The van der Waals surface area contributed by atoms with Crippen molar-refractivity contribution in [2.24, 2.45) is 18.9 Å². The van der Waals surface area contributed by atoms with E-state index in [2.05, 4.69) is 17.0 Å². The summed E-state index contributed by atoms with van der Waals surface area (Å²) in [6.45, 7) is 4.60. The van der Waals surface area contributed by atoms with Crippen molar-refractivity contribution in [1.82, 2.24) is 19.6 Å². The van der Waals surface area contributed by atoms with E-state index in [1.54, 1.807) is 17.1 Å². The zero-order valence-corrected chi connectivity index (χ0v) is 17.8. The second kappa shape index (κ2) is 9.15. The predicted octanol–water partition coefficient (Wildman–Crippen LogP) is 2.02. The second-order valence-corrected chi connectivity index (χ2v) is 8.85. The maximum absolute atomic E-state index is 12.5. The van der Waals surface area contributed by atoms with E-state index in [1.165, 1.54) is 19.3 Å². The monoisotopic (exact) mass is 446 g/mol. The number of ether oxygens (including phenoxy) is 1. The predicted molar refractivity (Wildman–Crippen MR) is 104 cm³/mol. The summed E-state index contributed by atoms with van der Waals surface area (Å²) in [6, 6.07) is 0. The van der Waals surface area contributed by atoms with Gasteiger partial charge in [0, 0.05) is 39.5 Å². The Balaban J connectivity index is 0.000000339. The number of likely N-dealkylation sites (N-methyl/N-ethyl adjacent to an activating group) is 1. The lowest BCUT2D eigenvalue weighted by Gasteiger charge is -2.58. The Morgan fingerprint density at radius 3 is 2.32 bits per heavy atom. The number of carbonyl (C=O) groups is 2. The number of hydrogen-bond donors (Lipinski definition) is 1. The molecule has 8 nitrogen and oxygen atoms in total. The number of hydrogen-bond acceptors (Lipinski definition) is 5. The van der Waals surface area contributed by atoms with Gasteiger partial charge in [-0.05, 0) is 51.1 Å². The van der Waals surface area contributed by atoms with E-state index in [0.717, 1.165) is 45.2 Å². The molecule has 2 aliphatic heterocycles. The van der Waals surface area contributed by atoms with Crippen molar-refractivity contribution in [2.45, 2.75) is 37.4 Å². The van der Waals surface area contributed by atoms with Crippen molar-refractivity contribution in [3.63, 3.8) is 0 Å². The van der Waals surface area contributed by atoms with E-state index in [0.29, 0.717) is 11.5 Å². The lowest BCUT2D eigenvalue weighted by atomic mass is 9.75. The first-order valence-corrected chi connectivity index (χ1v) is 10.4. The highest BCUT2D eigenvalue weighted by Gasteiger charge is 2.51. The van der Waals surface area contributed by atoms with Crippen LogP contribution in [0.25, 0.3) is 0 Å². The van der Waals surface area contributed by atoms with Gasteiger partial charge in [0.1, 0.15) is 0 Å². The molecule has 3 aliphatic rings. The van der Waals surface area contributed by atoms with Crippen LogP contribution in [0.3, 0.4) is 0 Å². The standard InChI is InChI=1S/C18H28N4O2.C2HF3O2/c1-20-6-5-15(11-24-10-14-3-4-14)7-18(20)12-22(13-18)17(23)16-8-19-21(2)9-16;3-2(4,5)1(6)7/h8-9,14-15H,3-7,10-13H2,1-2H3;(H,6,7). The third-order valence-electron chi connectivity index (χ3n) is 6.21. The van der Waals surface area contributed by atoms with Crippen molar-refractivity contribution in [3.05, 3.63) is 18.0 Å². The van der Waals surface area contributed by atoms with Crippen LogP contribution in [0.5, 0.6) is 0 Å². The average molecular weight is 446 g/mol. The Labute approximate surface area is 178 Å². The van der Waals surface area contributed by atoms with Crippen LogP contribution in [-0.2, 0) is 16.6 Å². The molecule has 1 N–H and O–H groups in total. The molecule has 2 saturated heterocycles. The molecule has 3 heterocycles. The van der Waals surface area contributed by atoms with Gasteiger partial charge in [-0.15, -0.1) is 0 Å². The summed E-state index contributed by atoms with van der Waals surface area (Å²) < 4.78 is 39.3. The highest BCUT2D eigenvalue weighted by molar-refractivity contribution is 5.94. The van der Waals surface area contributed by atoms with Crippen molar-refractivity contribution in [2.75, 3.05) is 39.9 Å². The van der Waals surface area contributed by atoms with Gasteiger partial charge in [0.2, 0.25) is 0 Å². The number of halogens is 3. The van der Waals surface area contributed by atoms with Gasteiger partial charge in [-0.2, -0.15) is 18.3 Å². The first kappa shape index (κ1) is 23.5. The largest absolute Gasteiger partial charge is 0.490 e. The fourth-order valence-corrected chi connectivity index (χ4v) is 4.13. The van der Waals surface area contributed by atoms with E-state index in [1.807, 2.05) is 11.9 Å². The average Bonchev–Trinajstić information content (AvgIpc) is 3.38. The molecule has 0 radical (unpaired) electrons. The molecule has 1 aliphatic carbocycles. The number of aliphatic carboxylic acids is 1. The van der Waals surface area contributed by atoms with E-state index in [4.69, 9.17) is 14.6 Å². The second-order valence-electron chi connectivity index (χ2n) is 8.85. The van der Waals surface area contributed by atoms with Crippen molar-refractivity contribution in [3.8, 4) is 0 Å². The number of piperidine rings is 1. The zero-order chi connectivity index (χ0) is 22.8. The van der Waals surface area contributed by atoms with Gasteiger partial charge in [0.05, 0.1) is 17.3 Å². The Kier molecular flexibility index (Phi) is 6.95. The molecule has 1 spiro atoms. The molecule has 174 valence electrons. The summed E-state index contributed by atoms with van der Waals surface area (Å²) in [5.74, 6) is -1.18. The highest BCUT2D eigenvalue weighted by Crippen LogP contribution is 2.39. The van der Waals surface area contributed by atoms with Crippen LogP contribution in [0, 0.1) is 11.8 Å². The third kappa shape index (κ3) is 5.97. The Morgan fingerprint density at radius 2 is 1.81 bits per heavy atom. The molecule has 0 bridgehead atoms. The van der Waals surface area contributed by atoms with Crippen LogP contribution in [0.2, 0.25) is 0 Å². The Morgan fingerprint density at radius 1 is 1.19 bits per heavy atom. The third-order valence-corrected chi connectivity index (χ3v) is 6.21. The first-order chi connectivity index (χ1) is 14.5. The van der Waals surface area contributed by atoms with E-state index < -0.39 is 12.1 Å². The van der Waals surface area contributed by atoms with E-state index >= 15 is 0 Å². The number of rotatable bonds is 5. The summed E-state index contributed by atoms with van der Waals surface area (Å²) in [5, 5.41) is 11.2. The minimum Gasteiger partial charge on any atom is -0.475 e. The zero-order valence-electron chi connectivity index (χ0n) is 17.8. The SMILES string of the molecule is CN1CCC(COCC2CC2)CC12CN(C(=O)c1cnn(C)c1)C2.O=C(O)C(F)(F)F. The van der Waals surface area contributed by atoms with Gasteiger partial charge in [0.15, 0.2) is 0 Å².